The Balaban J connectivity index is 1.94. The van der Waals surface area contributed by atoms with Crippen LogP contribution < -0.4 is 0 Å². The largest absolute Gasteiger partial charge is 0.390 e. The normalized spacial score (nSPS) is 63.7. The molecule has 4 aliphatic carbocycles. The molecular weight excluding hydrogens is 288 g/mol. The van der Waals surface area contributed by atoms with E-state index in [9.17, 15) is 15.3 Å². The van der Waals surface area contributed by atoms with Crippen molar-refractivity contribution in [1.29, 1.82) is 0 Å². The lowest BCUT2D eigenvalue weighted by atomic mass is 9.32. The minimum absolute atomic E-state index is 0.00826. The van der Waals surface area contributed by atoms with Crippen LogP contribution in [0.5, 0.6) is 0 Å². The molecule has 4 fully saturated rings. The van der Waals surface area contributed by atoms with E-state index in [1.807, 2.05) is 6.92 Å². The van der Waals surface area contributed by atoms with Gasteiger partial charge in [-0.25, -0.2) is 0 Å². The molecule has 4 rings (SSSR count). The molecular formula is C20H34O3. The average molecular weight is 322 g/mol. The predicted molar refractivity (Wildman–Crippen MR) is 89.7 cm³/mol. The first-order valence-electron chi connectivity index (χ1n) is 9.57. The molecule has 0 saturated heterocycles. The zero-order valence-electron chi connectivity index (χ0n) is 15.3. The van der Waals surface area contributed by atoms with E-state index in [2.05, 4.69) is 27.7 Å². The number of fused-ring (bicyclic) bond motifs is 1. The molecule has 23 heavy (non-hydrogen) atoms. The Kier molecular flexibility index (Phi) is 3.09. The van der Waals surface area contributed by atoms with Gasteiger partial charge >= 0.3 is 0 Å². The third-order valence-electron chi connectivity index (χ3n) is 9.48. The lowest BCUT2D eigenvalue weighted by Crippen LogP contribution is -2.73. The van der Waals surface area contributed by atoms with E-state index in [0.717, 1.165) is 32.1 Å². The minimum atomic E-state index is -0.623. The molecule has 4 saturated carbocycles. The lowest BCUT2D eigenvalue weighted by Gasteiger charge is -2.73. The van der Waals surface area contributed by atoms with Crippen molar-refractivity contribution >= 4 is 0 Å². The molecule has 0 unspecified atom stereocenters. The second-order valence-corrected chi connectivity index (χ2v) is 10.5. The highest BCUT2D eigenvalue weighted by atomic mass is 16.3. The zero-order valence-corrected chi connectivity index (χ0v) is 15.3. The van der Waals surface area contributed by atoms with Crippen LogP contribution in [0.3, 0.4) is 0 Å². The number of aliphatic hydroxyl groups excluding tert-OH is 2. The molecule has 4 aliphatic rings. The van der Waals surface area contributed by atoms with Crippen molar-refractivity contribution in [3.05, 3.63) is 0 Å². The van der Waals surface area contributed by atoms with Gasteiger partial charge in [0.15, 0.2) is 0 Å². The molecule has 3 heteroatoms. The Bertz CT molecular complexity index is 527. The van der Waals surface area contributed by atoms with Crippen LogP contribution in [0, 0.1) is 39.9 Å². The van der Waals surface area contributed by atoms with Crippen LogP contribution in [0.15, 0.2) is 0 Å². The van der Waals surface area contributed by atoms with Crippen LogP contribution in [-0.2, 0) is 0 Å². The summed E-state index contributed by atoms with van der Waals surface area (Å²) in [6.45, 7) is 11.3. The van der Waals surface area contributed by atoms with Crippen molar-refractivity contribution in [2.24, 2.45) is 39.9 Å². The molecule has 0 aromatic carbocycles. The van der Waals surface area contributed by atoms with Crippen molar-refractivity contribution in [2.75, 3.05) is 0 Å². The lowest BCUT2D eigenvalue weighted by molar-refractivity contribution is -0.299. The molecule has 0 aliphatic heterocycles. The van der Waals surface area contributed by atoms with Gasteiger partial charge in [0.25, 0.3) is 0 Å². The first-order valence-corrected chi connectivity index (χ1v) is 9.57. The first kappa shape index (κ1) is 16.4. The van der Waals surface area contributed by atoms with Gasteiger partial charge in [-0.3, -0.25) is 0 Å². The molecule has 3 nitrogen and oxygen atoms in total. The summed E-state index contributed by atoms with van der Waals surface area (Å²) in [5.74, 6) is 1.05. The van der Waals surface area contributed by atoms with Gasteiger partial charge in [0.1, 0.15) is 0 Å². The summed E-state index contributed by atoms with van der Waals surface area (Å²) in [4.78, 5) is 0. The molecule has 0 radical (unpaired) electrons. The van der Waals surface area contributed by atoms with Gasteiger partial charge in [-0.05, 0) is 78.9 Å². The first-order chi connectivity index (χ1) is 10.5. The molecule has 132 valence electrons. The number of rotatable bonds is 0. The molecule has 0 heterocycles. The maximum absolute atomic E-state index is 11.1. The van der Waals surface area contributed by atoms with Crippen molar-refractivity contribution in [1.82, 2.24) is 0 Å². The van der Waals surface area contributed by atoms with E-state index >= 15 is 0 Å². The van der Waals surface area contributed by atoms with Crippen LogP contribution in [0.4, 0.5) is 0 Å². The Labute approximate surface area is 140 Å². The van der Waals surface area contributed by atoms with Gasteiger partial charge in [0, 0.05) is 0 Å². The molecule has 0 aromatic heterocycles. The van der Waals surface area contributed by atoms with E-state index in [-0.39, 0.29) is 28.1 Å². The number of hydrogen-bond acceptors (Lipinski definition) is 3. The Hall–Kier alpha value is -0.120. The fraction of sp³-hybridized carbons (Fsp3) is 1.00. The second-order valence-electron chi connectivity index (χ2n) is 10.5. The summed E-state index contributed by atoms with van der Waals surface area (Å²) in [5.41, 5.74) is -0.330. The average Bonchev–Trinajstić information content (AvgIpc) is 2.81. The summed E-state index contributed by atoms with van der Waals surface area (Å²) < 4.78 is 0. The topological polar surface area (TPSA) is 60.7 Å². The van der Waals surface area contributed by atoms with Gasteiger partial charge in [0.05, 0.1) is 17.8 Å². The molecule has 1 spiro atoms. The monoisotopic (exact) mass is 322 g/mol. The van der Waals surface area contributed by atoms with Gasteiger partial charge in [-0.1, -0.05) is 27.7 Å². The van der Waals surface area contributed by atoms with Crippen LogP contribution in [0.2, 0.25) is 0 Å². The highest BCUT2D eigenvalue weighted by Gasteiger charge is 2.75. The van der Waals surface area contributed by atoms with Gasteiger partial charge in [0.2, 0.25) is 0 Å². The van der Waals surface area contributed by atoms with Crippen molar-refractivity contribution in [3.63, 3.8) is 0 Å². The maximum atomic E-state index is 11.1. The maximum Gasteiger partial charge on any atom is 0.0835 e. The van der Waals surface area contributed by atoms with E-state index in [4.69, 9.17) is 0 Å². The van der Waals surface area contributed by atoms with Crippen molar-refractivity contribution in [3.8, 4) is 0 Å². The molecule has 0 aromatic rings. The van der Waals surface area contributed by atoms with Crippen LogP contribution in [0.1, 0.15) is 66.7 Å². The smallest absolute Gasteiger partial charge is 0.0835 e. The van der Waals surface area contributed by atoms with Crippen LogP contribution in [-0.4, -0.2) is 33.1 Å². The number of aliphatic hydroxyl groups is 3. The van der Waals surface area contributed by atoms with Crippen molar-refractivity contribution in [2.45, 2.75) is 84.5 Å². The summed E-state index contributed by atoms with van der Waals surface area (Å²) in [5, 5.41) is 32.7. The SMILES string of the molecule is C[C@@H]1[C@@H](O)[C@H](O)[C@@H]2C[C@]3(C)CC[C@H]4[C@H]3[C@]1(CC[C@]4(C)O)C2(C)C. The summed E-state index contributed by atoms with van der Waals surface area (Å²) >= 11 is 0. The highest BCUT2D eigenvalue weighted by Crippen LogP contribution is 2.78. The summed E-state index contributed by atoms with van der Waals surface area (Å²) in [6, 6.07) is 0. The van der Waals surface area contributed by atoms with Gasteiger partial charge < -0.3 is 15.3 Å². The fourth-order valence-electron chi connectivity index (χ4n) is 8.28. The van der Waals surface area contributed by atoms with E-state index in [1.165, 1.54) is 0 Å². The summed E-state index contributed by atoms with van der Waals surface area (Å²) in [6.07, 6.45) is 3.81. The highest BCUT2D eigenvalue weighted by molar-refractivity contribution is 5.24. The molecule has 0 amide bonds. The Morgan fingerprint density at radius 2 is 1.52 bits per heavy atom. The Morgan fingerprint density at radius 1 is 0.870 bits per heavy atom. The second kappa shape index (κ2) is 4.34. The standard InChI is InChI=1S/C20H34O3/c1-11-14(21)15(22)13-10-18(4)7-6-12-16(18)20(11,17(13,2)3)9-8-19(12,5)23/h11-16,21-23H,6-10H2,1-5H3/t11-,12+,13+,14-,15-,16-,18+,19+,20-/m1/s1. The fourth-order valence-corrected chi connectivity index (χ4v) is 8.28. The summed E-state index contributed by atoms with van der Waals surface area (Å²) in [7, 11) is 0. The van der Waals surface area contributed by atoms with Gasteiger partial charge in [-0.2, -0.15) is 0 Å². The number of hydrogen-bond donors (Lipinski definition) is 3. The quantitative estimate of drug-likeness (QED) is 0.642. The third-order valence-corrected chi connectivity index (χ3v) is 9.48. The molecule has 2 bridgehead atoms. The third kappa shape index (κ3) is 1.63. The van der Waals surface area contributed by atoms with E-state index in [1.54, 1.807) is 0 Å². The van der Waals surface area contributed by atoms with E-state index in [0.29, 0.717) is 11.8 Å². The van der Waals surface area contributed by atoms with Crippen molar-refractivity contribution < 1.29 is 15.3 Å². The minimum Gasteiger partial charge on any atom is -0.390 e. The van der Waals surface area contributed by atoms with E-state index < -0.39 is 17.8 Å². The van der Waals surface area contributed by atoms with Crippen LogP contribution in [0.25, 0.3) is 0 Å². The Morgan fingerprint density at radius 3 is 2.17 bits per heavy atom. The van der Waals surface area contributed by atoms with Crippen LogP contribution >= 0.6 is 0 Å². The molecule has 3 N–H and O–H groups in total. The zero-order chi connectivity index (χ0) is 17.0. The molecule has 9 atom stereocenters. The van der Waals surface area contributed by atoms with Gasteiger partial charge in [-0.15, -0.1) is 0 Å². The predicted octanol–water partition coefficient (Wildman–Crippen LogP) is 2.97.